The Balaban J connectivity index is 2.46. The first-order chi connectivity index (χ1) is 7.97. The molecule has 98 valence electrons. The van der Waals surface area contributed by atoms with E-state index in [4.69, 9.17) is 5.73 Å². The van der Waals surface area contributed by atoms with Crippen LogP contribution in [0.3, 0.4) is 0 Å². The van der Waals surface area contributed by atoms with Crippen LogP contribution in [0.15, 0.2) is 0 Å². The van der Waals surface area contributed by atoms with Crippen molar-refractivity contribution in [2.45, 2.75) is 6.92 Å². The summed E-state index contributed by atoms with van der Waals surface area (Å²) >= 11 is 0. The van der Waals surface area contributed by atoms with Crippen molar-refractivity contribution >= 4 is 11.9 Å². The summed E-state index contributed by atoms with van der Waals surface area (Å²) in [6.45, 7) is 4.60. The second-order valence-corrected chi connectivity index (χ2v) is 4.63. The fourth-order valence-corrected chi connectivity index (χ4v) is 1.81. The average Bonchev–Trinajstić information content (AvgIpc) is 2.36. The molecule has 0 saturated carbocycles. The summed E-state index contributed by atoms with van der Waals surface area (Å²) in [7, 11) is 3.46. The van der Waals surface area contributed by atoms with Gasteiger partial charge in [-0.3, -0.25) is 4.79 Å². The minimum atomic E-state index is -0.133. The number of hydrogen-bond donors (Lipinski definition) is 1. The van der Waals surface area contributed by atoms with Gasteiger partial charge in [-0.05, 0) is 0 Å². The van der Waals surface area contributed by atoms with Crippen LogP contribution in [-0.2, 0) is 4.79 Å². The molecule has 2 N–H and O–H groups in total. The van der Waals surface area contributed by atoms with Crippen LogP contribution >= 0.6 is 0 Å². The number of carbonyl (C=O) groups excluding carboxylic acids is 2. The molecule has 6 heteroatoms. The lowest BCUT2D eigenvalue weighted by atomic mass is 10.1. The van der Waals surface area contributed by atoms with Crippen molar-refractivity contribution in [3.05, 3.63) is 0 Å². The highest BCUT2D eigenvalue weighted by atomic mass is 16.2. The molecule has 0 radical (unpaired) electrons. The highest BCUT2D eigenvalue weighted by Crippen LogP contribution is 2.08. The number of hydrogen-bond acceptors (Lipinski definition) is 3. The Morgan fingerprint density at radius 1 is 1.18 bits per heavy atom. The van der Waals surface area contributed by atoms with E-state index < -0.39 is 0 Å². The predicted molar refractivity (Wildman–Crippen MR) is 65.5 cm³/mol. The molecule has 1 aliphatic rings. The van der Waals surface area contributed by atoms with Gasteiger partial charge in [0.1, 0.15) is 0 Å². The summed E-state index contributed by atoms with van der Waals surface area (Å²) in [5, 5.41) is 0. The number of piperazine rings is 1. The van der Waals surface area contributed by atoms with Crippen LogP contribution in [0, 0.1) is 5.92 Å². The Morgan fingerprint density at radius 2 is 1.65 bits per heavy atom. The Labute approximate surface area is 102 Å². The molecule has 1 fully saturated rings. The lowest BCUT2D eigenvalue weighted by molar-refractivity contribution is -0.136. The standard InChI is InChI=1S/C11H22N4O2/c1-9(8-12)10(16)14-4-6-15(7-5-14)11(17)13(2)3/h9H,4-8,12H2,1-3H3. The van der Waals surface area contributed by atoms with E-state index >= 15 is 0 Å². The second-order valence-electron chi connectivity index (χ2n) is 4.63. The molecule has 1 rings (SSSR count). The van der Waals surface area contributed by atoms with Crippen molar-refractivity contribution in [3.8, 4) is 0 Å². The van der Waals surface area contributed by atoms with Crippen molar-refractivity contribution < 1.29 is 9.59 Å². The summed E-state index contributed by atoms with van der Waals surface area (Å²) < 4.78 is 0. The van der Waals surface area contributed by atoms with Crippen molar-refractivity contribution in [2.24, 2.45) is 11.7 Å². The van der Waals surface area contributed by atoms with Gasteiger partial charge in [0.25, 0.3) is 0 Å². The fraction of sp³-hybridized carbons (Fsp3) is 0.818. The minimum Gasteiger partial charge on any atom is -0.339 e. The Kier molecular flexibility index (Phi) is 4.74. The summed E-state index contributed by atoms with van der Waals surface area (Å²) in [6, 6.07) is 0.00368. The number of nitrogens with zero attached hydrogens (tertiary/aromatic N) is 3. The molecule has 0 aliphatic carbocycles. The Bertz CT molecular complexity index is 285. The topological polar surface area (TPSA) is 69.9 Å². The largest absolute Gasteiger partial charge is 0.339 e. The maximum atomic E-state index is 11.9. The molecule has 0 aromatic carbocycles. The van der Waals surface area contributed by atoms with Gasteiger partial charge in [-0.25, -0.2) is 4.79 Å². The van der Waals surface area contributed by atoms with Gasteiger partial charge in [-0.2, -0.15) is 0 Å². The van der Waals surface area contributed by atoms with Gasteiger partial charge < -0.3 is 20.4 Å². The van der Waals surface area contributed by atoms with E-state index in [1.54, 1.807) is 28.8 Å². The molecular formula is C11H22N4O2. The number of nitrogens with two attached hydrogens (primary N) is 1. The van der Waals surface area contributed by atoms with E-state index in [1.165, 1.54) is 0 Å². The zero-order valence-electron chi connectivity index (χ0n) is 10.8. The van der Waals surface area contributed by atoms with Crippen molar-refractivity contribution in [1.29, 1.82) is 0 Å². The smallest absolute Gasteiger partial charge is 0.319 e. The number of carbonyl (C=O) groups is 2. The molecule has 0 aromatic rings. The maximum absolute atomic E-state index is 11.9. The van der Waals surface area contributed by atoms with Crippen LogP contribution in [-0.4, -0.2) is 73.5 Å². The number of rotatable bonds is 2. The molecule has 1 saturated heterocycles. The SMILES string of the molecule is CC(CN)C(=O)N1CCN(C(=O)N(C)C)CC1. The van der Waals surface area contributed by atoms with Crippen molar-refractivity contribution in [3.63, 3.8) is 0 Å². The monoisotopic (exact) mass is 242 g/mol. The van der Waals surface area contributed by atoms with Crippen LogP contribution in [0.25, 0.3) is 0 Å². The van der Waals surface area contributed by atoms with Crippen LogP contribution in [0.4, 0.5) is 4.79 Å². The molecule has 6 nitrogen and oxygen atoms in total. The molecule has 1 atom stereocenters. The normalized spacial score (nSPS) is 17.9. The Hall–Kier alpha value is -1.30. The van der Waals surface area contributed by atoms with Gasteiger partial charge in [-0.15, -0.1) is 0 Å². The third-order valence-electron chi connectivity index (χ3n) is 3.02. The van der Waals surface area contributed by atoms with Crippen LogP contribution in [0.5, 0.6) is 0 Å². The third kappa shape index (κ3) is 3.33. The third-order valence-corrected chi connectivity index (χ3v) is 3.02. The van der Waals surface area contributed by atoms with Gasteiger partial charge in [-0.1, -0.05) is 6.92 Å². The Morgan fingerprint density at radius 3 is 2.06 bits per heavy atom. The zero-order chi connectivity index (χ0) is 13.0. The van der Waals surface area contributed by atoms with Crippen molar-refractivity contribution in [1.82, 2.24) is 14.7 Å². The van der Waals surface area contributed by atoms with Crippen molar-refractivity contribution in [2.75, 3.05) is 46.8 Å². The lowest BCUT2D eigenvalue weighted by Crippen LogP contribution is -2.54. The van der Waals surface area contributed by atoms with E-state index in [0.717, 1.165) is 0 Å². The van der Waals surface area contributed by atoms with E-state index in [1.807, 2.05) is 6.92 Å². The molecule has 17 heavy (non-hydrogen) atoms. The van der Waals surface area contributed by atoms with E-state index in [2.05, 4.69) is 0 Å². The first kappa shape index (κ1) is 13.8. The van der Waals surface area contributed by atoms with Crippen LogP contribution < -0.4 is 5.73 Å². The number of amides is 3. The summed E-state index contributed by atoms with van der Waals surface area (Å²) in [4.78, 5) is 28.7. The average molecular weight is 242 g/mol. The molecule has 0 aromatic heterocycles. The van der Waals surface area contributed by atoms with Gasteiger partial charge in [0, 0.05) is 52.7 Å². The summed E-state index contributed by atoms with van der Waals surface area (Å²) in [5.41, 5.74) is 5.48. The first-order valence-corrected chi connectivity index (χ1v) is 5.92. The second kappa shape index (κ2) is 5.86. The summed E-state index contributed by atoms with van der Waals surface area (Å²) in [6.07, 6.45) is 0. The van der Waals surface area contributed by atoms with Crippen LogP contribution in [0.1, 0.15) is 6.92 Å². The molecule has 0 spiro atoms. The van der Waals surface area contributed by atoms with Gasteiger partial charge in [0.15, 0.2) is 0 Å². The van der Waals surface area contributed by atoms with E-state index in [0.29, 0.717) is 32.7 Å². The van der Waals surface area contributed by atoms with Crippen LogP contribution in [0.2, 0.25) is 0 Å². The van der Waals surface area contributed by atoms with Gasteiger partial charge in [0.05, 0.1) is 0 Å². The molecule has 3 amide bonds. The first-order valence-electron chi connectivity index (χ1n) is 5.92. The maximum Gasteiger partial charge on any atom is 0.319 e. The molecule has 0 bridgehead atoms. The van der Waals surface area contributed by atoms with E-state index in [-0.39, 0.29) is 17.9 Å². The molecule has 1 heterocycles. The van der Waals surface area contributed by atoms with E-state index in [9.17, 15) is 9.59 Å². The molecular weight excluding hydrogens is 220 g/mol. The summed E-state index contributed by atoms with van der Waals surface area (Å²) in [5.74, 6) is -0.0458. The fourth-order valence-electron chi connectivity index (χ4n) is 1.81. The number of urea groups is 1. The predicted octanol–water partition coefficient (Wildman–Crippen LogP) is -0.593. The lowest BCUT2D eigenvalue weighted by Gasteiger charge is -2.36. The highest BCUT2D eigenvalue weighted by molar-refractivity contribution is 5.79. The quantitative estimate of drug-likeness (QED) is 0.703. The molecule has 1 aliphatic heterocycles. The molecule has 1 unspecified atom stereocenters. The zero-order valence-corrected chi connectivity index (χ0v) is 10.8. The van der Waals surface area contributed by atoms with Gasteiger partial charge >= 0.3 is 6.03 Å². The highest BCUT2D eigenvalue weighted by Gasteiger charge is 2.26. The minimum absolute atomic E-state index is 0.00368. The van der Waals surface area contributed by atoms with Gasteiger partial charge in [0.2, 0.25) is 5.91 Å².